The molecule has 2 aromatic carbocycles. The minimum Gasteiger partial charge on any atom is -0.352 e. The van der Waals surface area contributed by atoms with Gasteiger partial charge in [0.25, 0.3) is 0 Å². The van der Waals surface area contributed by atoms with E-state index < -0.39 is 28.5 Å². The molecule has 0 aliphatic heterocycles. The van der Waals surface area contributed by atoms with Crippen molar-refractivity contribution in [1.29, 1.82) is 0 Å². The van der Waals surface area contributed by atoms with Gasteiger partial charge in [0.15, 0.2) is 0 Å². The molecule has 186 valence electrons. The van der Waals surface area contributed by atoms with Crippen LogP contribution >= 0.6 is 34.8 Å². The van der Waals surface area contributed by atoms with E-state index in [9.17, 15) is 18.0 Å². The predicted octanol–water partition coefficient (Wildman–Crippen LogP) is 4.74. The summed E-state index contributed by atoms with van der Waals surface area (Å²) in [6.45, 7) is 4.81. The fourth-order valence-electron chi connectivity index (χ4n) is 3.13. The molecule has 0 heterocycles. The van der Waals surface area contributed by atoms with Crippen molar-refractivity contribution in [3.63, 3.8) is 0 Å². The maximum Gasteiger partial charge on any atom is 0.244 e. The molecule has 0 unspecified atom stereocenters. The van der Waals surface area contributed by atoms with Crippen molar-refractivity contribution in [3.05, 3.63) is 63.1 Å². The fourth-order valence-corrected chi connectivity index (χ4v) is 4.61. The molecule has 2 rings (SSSR count). The largest absolute Gasteiger partial charge is 0.352 e. The normalized spacial score (nSPS) is 13.1. The monoisotopic (exact) mass is 547 g/mol. The van der Waals surface area contributed by atoms with E-state index in [1.54, 1.807) is 31.2 Å². The Morgan fingerprint density at radius 1 is 1.03 bits per heavy atom. The van der Waals surface area contributed by atoms with E-state index in [4.69, 9.17) is 34.8 Å². The molecule has 0 aliphatic rings. The van der Waals surface area contributed by atoms with Crippen LogP contribution in [0, 0.1) is 0 Å². The van der Waals surface area contributed by atoms with Gasteiger partial charge in [-0.2, -0.15) is 0 Å². The molecule has 0 bridgehead atoms. The molecule has 7 nitrogen and oxygen atoms in total. The summed E-state index contributed by atoms with van der Waals surface area (Å²) in [6.07, 6.45) is 1.68. The fraction of sp³-hybridized carbons (Fsp3) is 0.391. The smallest absolute Gasteiger partial charge is 0.244 e. The predicted molar refractivity (Wildman–Crippen MR) is 138 cm³/mol. The number of anilines is 1. The number of rotatable bonds is 10. The molecule has 0 radical (unpaired) electrons. The summed E-state index contributed by atoms with van der Waals surface area (Å²) < 4.78 is 26.1. The van der Waals surface area contributed by atoms with Crippen LogP contribution in [0.25, 0.3) is 0 Å². The second-order valence-corrected chi connectivity index (χ2v) is 11.1. The maximum absolute atomic E-state index is 13.5. The molecular formula is C23H28Cl3N3O4S. The Hall–Kier alpha value is -2.00. The van der Waals surface area contributed by atoms with E-state index in [1.165, 1.54) is 23.1 Å². The zero-order valence-electron chi connectivity index (χ0n) is 19.4. The third-order valence-electron chi connectivity index (χ3n) is 5.32. The van der Waals surface area contributed by atoms with E-state index in [-0.39, 0.29) is 34.2 Å². The molecule has 0 saturated heterocycles. The van der Waals surface area contributed by atoms with E-state index in [0.29, 0.717) is 17.0 Å². The molecule has 2 aromatic rings. The number of nitrogens with zero attached hydrogens (tertiary/aromatic N) is 2. The van der Waals surface area contributed by atoms with Gasteiger partial charge in [0.2, 0.25) is 21.8 Å². The lowest BCUT2D eigenvalue weighted by atomic mass is 10.1. The van der Waals surface area contributed by atoms with Crippen LogP contribution in [0.1, 0.15) is 32.8 Å². The van der Waals surface area contributed by atoms with Crippen LogP contribution in [0.15, 0.2) is 42.5 Å². The van der Waals surface area contributed by atoms with Gasteiger partial charge in [-0.15, -0.1) is 0 Å². The van der Waals surface area contributed by atoms with Crippen LogP contribution in [0.4, 0.5) is 5.69 Å². The summed E-state index contributed by atoms with van der Waals surface area (Å²) in [7, 11) is -3.92. The van der Waals surface area contributed by atoms with Gasteiger partial charge in [0, 0.05) is 22.6 Å². The SMILES string of the molecule is CC[C@@H](C)NC(=O)[C@@H](C)N(Cc1ccccc1Cl)C(=O)CN(c1cc(Cl)ccc1Cl)S(C)(=O)=O. The molecule has 0 aromatic heterocycles. The van der Waals surface area contributed by atoms with Gasteiger partial charge in [-0.25, -0.2) is 8.42 Å². The second-order valence-electron chi connectivity index (χ2n) is 7.97. The summed E-state index contributed by atoms with van der Waals surface area (Å²) in [5.41, 5.74) is 0.687. The summed E-state index contributed by atoms with van der Waals surface area (Å²) >= 11 is 18.6. The first kappa shape index (κ1) is 28.2. The highest BCUT2D eigenvalue weighted by atomic mass is 35.5. The van der Waals surface area contributed by atoms with Crippen molar-refractivity contribution in [2.75, 3.05) is 17.1 Å². The first-order valence-corrected chi connectivity index (χ1v) is 13.6. The standard InChI is InChI=1S/C23H28Cl3N3O4S/c1-5-15(2)27-23(31)16(3)28(13-17-8-6-7-9-19(17)25)22(30)14-29(34(4,32)33)21-12-18(24)10-11-20(21)26/h6-12,15-16H,5,13-14H2,1-4H3,(H,27,31)/t15-,16-/m1/s1. The van der Waals surface area contributed by atoms with Crippen molar-refractivity contribution in [3.8, 4) is 0 Å². The zero-order chi connectivity index (χ0) is 25.6. The summed E-state index contributed by atoms with van der Waals surface area (Å²) in [5.74, 6) is -0.963. The molecule has 2 atom stereocenters. The van der Waals surface area contributed by atoms with Crippen molar-refractivity contribution >= 4 is 62.3 Å². The molecule has 0 fully saturated rings. The number of benzene rings is 2. The van der Waals surface area contributed by atoms with Crippen LogP contribution in [0.5, 0.6) is 0 Å². The Morgan fingerprint density at radius 3 is 2.26 bits per heavy atom. The van der Waals surface area contributed by atoms with Gasteiger partial charge in [0.1, 0.15) is 12.6 Å². The van der Waals surface area contributed by atoms with Crippen molar-refractivity contribution in [2.24, 2.45) is 0 Å². The van der Waals surface area contributed by atoms with Crippen molar-refractivity contribution in [2.45, 2.75) is 45.8 Å². The molecule has 1 N–H and O–H groups in total. The molecular weight excluding hydrogens is 521 g/mol. The zero-order valence-corrected chi connectivity index (χ0v) is 22.5. The Labute approximate surface area is 216 Å². The number of carbonyl (C=O) groups excluding carboxylic acids is 2. The van der Waals surface area contributed by atoms with Gasteiger partial charge in [0.05, 0.1) is 17.0 Å². The molecule has 0 aliphatic carbocycles. The lowest BCUT2D eigenvalue weighted by Crippen LogP contribution is -2.52. The number of hydrogen-bond donors (Lipinski definition) is 1. The van der Waals surface area contributed by atoms with Crippen LogP contribution < -0.4 is 9.62 Å². The highest BCUT2D eigenvalue weighted by Crippen LogP contribution is 2.31. The van der Waals surface area contributed by atoms with Gasteiger partial charge < -0.3 is 10.2 Å². The van der Waals surface area contributed by atoms with Crippen molar-refractivity contribution < 1.29 is 18.0 Å². The summed E-state index contributed by atoms with van der Waals surface area (Å²) in [5, 5.41) is 3.66. The lowest BCUT2D eigenvalue weighted by Gasteiger charge is -2.32. The second kappa shape index (κ2) is 12.1. The molecule has 11 heteroatoms. The number of carbonyl (C=O) groups is 2. The third kappa shape index (κ3) is 7.50. The Morgan fingerprint density at radius 2 is 1.68 bits per heavy atom. The molecule has 0 saturated carbocycles. The number of sulfonamides is 1. The van der Waals surface area contributed by atoms with Crippen LogP contribution in [-0.4, -0.2) is 50.0 Å². The van der Waals surface area contributed by atoms with Crippen LogP contribution in [0.2, 0.25) is 15.1 Å². The van der Waals surface area contributed by atoms with E-state index in [0.717, 1.165) is 10.6 Å². The van der Waals surface area contributed by atoms with Gasteiger partial charge in [-0.1, -0.05) is 59.9 Å². The van der Waals surface area contributed by atoms with E-state index >= 15 is 0 Å². The highest BCUT2D eigenvalue weighted by Gasteiger charge is 2.31. The highest BCUT2D eigenvalue weighted by molar-refractivity contribution is 7.92. The van der Waals surface area contributed by atoms with Crippen molar-refractivity contribution in [1.82, 2.24) is 10.2 Å². The summed E-state index contributed by atoms with van der Waals surface area (Å²) in [6, 6.07) is 10.3. The molecule has 0 spiro atoms. The number of hydrogen-bond acceptors (Lipinski definition) is 4. The first-order valence-electron chi connectivity index (χ1n) is 10.6. The Balaban J connectivity index is 2.45. The first-order chi connectivity index (χ1) is 15.8. The molecule has 2 amide bonds. The third-order valence-corrected chi connectivity index (χ3v) is 7.37. The number of amides is 2. The van der Waals surface area contributed by atoms with E-state index in [1.807, 2.05) is 13.8 Å². The Bertz CT molecular complexity index is 1140. The van der Waals surface area contributed by atoms with E-state index in [2.05, 4.69) is 5.32 Å². The summed E-state index contributed by atoms with van der Waals surface area (Å²) in [4.78, 5) is 27.7. The number of halogens is 3. The van der Waals surface area contributed by atoms with Gasteiger partial charge in [-0.3, -0.25) is 13.9 Å². The average molecular weight is 549 g/mol. The Kier molecular flexibility index (Phi) is 10.1. The quantitative estimate of drug-likeness (QED) is 0.464. The van der Waals surface area contributed by atoms with Crippen LogP contribution in [0.3, 0.4) is 0 Å². The topological polar surface area (TPSA) is 86.8 Å². The minimum atomic E-state index is -3.92. The molecule has 34 heavy (non-hydrogen) atoms. The van der Waals surface area contributed by atoms with Gasteiger partial charge >= 0.3 is 0 Å². The van der Waals surface area contributed by atoms with Crippen LogP contribution in [-0.2, 0) is 26.2 Å². The minimum absolute atomic E-state index is 0.00841. The number of nitrogens with one attached hydrogen (secondary N) is 1. The average Bonchev–Trinajstić information content (AvgIpc) is 2.77. The lowest BCUT2D eigenvalue weighted by molar-refractivity contribution is -0.139. The van der Waals surface area contributed by atoms with Gasteiger partial charge in [-0.05, 0) is 50.1 Å². The maximum atomic E-state index is 13.5.